The molecule has 0 unspecified atom stereocenters. The number of hydrogen-bond acceptors (Lipinski definition) is 3. The molecule has 3 aromatic carbocycles. The van der Waals surface area contributed by atoms with Crippen molar-refractivity contribution in [2.45, 2.75) is 6.10 Å². The van der Waals surface area contributed by atoms with Crippen molar-refractivity contribution in [3.63, 3.8) is 0 Å². The van der Waals surface area contributed by atoms with Crippen molar-refractivity contribution in [3.05, 3.63) is 108 Å². The molecule has 29 heavy (non-hydrogen) atoms. The number of carbonyl (C=O) groups excluding carboxylic acids is 2. The Hall–Kier alpha value is -3.44. The van der Waals surface area contributed by atoms with E-state index in [2.05, 4.69) is 10.6 Å². The van der Waals surface area contributed by atoms with Gasteiger partial charge in [-0.3, -0.25) is 9.59 Å². The van der Waals surface area contributed by atoms with E-state index in [0.29, 0.717) is 18.7 Å². The molecule has 3 aromatic rings. The Morgan fingerprint density at radius 1 is 0.690 bits per heavy atom. The molecular weight excluding hydrogens is 364 g/mol. The van der Waals surface area contributed by atoms with Crippen LogP contribution in [0.3, 0.4) is 0 Å². The van der Waals surface area contributed by atoms with Gasteiger partial charge in [-0.25, -0.2) is 0 Å². The molecule has 0 fully saturated rings. The van der Waals surface area contributed by atoms with Gasteiger partial charge in [-0.15, -0.1) is 0 Å². The zero-order chi connectivity index (χ0) is 20.3. The highest BCUT2D eigenvalue weighted by Gasteiger charge is 2.16. The highest BCUT2D eigenvalue weighted by Crippen LogP contribution is 2.25. The van der Waals surface area contributed by atoms with Gasteiger partial charge >= 0.3 is 0 Å². The molecule has 148 valence electrons. The molecule has 0 atom stereocenters. The molecule has 0 bridgehead atoms. The molecule has 0 heterocycles. The van der Waals surface area contributed by atoms with Crippen LogP contribution in [0.25, 0.3) is 0 Å². The Morgan fingerprint density at radius 2 is 1.17 bits per heavy atom. The predicted octanol–water partition coefficient (Wildman–Crippen LogP) is 3.34. The van der Waals surface area contributed by atoms with Crippen molar-refractivity contribution in [2.24, 2.45) is 0 Å². The number of carbonyl (C=O) groups is 2. The van der Waals surface area contributed by atoms with Crippen LogP contribution in [0.2, 0.25) is 0 Å². The average molecular weight is 388 g/mol. The number of hydrogen-bond donors (Lipinski definition) is 2. The van der Waals surface area contributed by atoms with Crippen molar-refractivity contribution in [1.29, 1.82) is 0 Å². The van der Waals surface area contributed by atoms with Gasteiger partial charge in [0.05, 0.1) is 0 Å². The molecule has 5 nitrogen and oxygen atoms in total. The normalized spacial score (nSPS) is 10.5. The van der Waals surface area contributed by atoms with Crippen LogP contribution in [0, 0.1) is 0 Å². The highest BCUT2D eigenvalue weighted by atomic mass is 16.5. The monoisotopic (exact) mass is 388 g/mol. The van der Waals surface area contributed by atoms with Crippen molar-refractivity contribution in [2.75, 3.05) is 19.7 Å². The second kappa shape index (κ2) is 10.8. The molecular formula is C24H24N2O3. The van der Waals surface area contributed by atoms with Gasteiger partial charge in [-0.1, -0.05) is 78.9 Å². The Morgan fingerprint density at radius 3 is 1.72 bits per heavy atom. The SMILES string of the molecule is O=C(COC(c1ccccc1)c1ccccc1)NCCNC(=O)c1ccccc1. The van der Waals surface area contributed by atoms with E-state index >= 15 is 0 Å². The molecule has 5 heteroatoms. The van der Waals surface area contributed by atoms with E-state index in [-0.39, 0.29) is 24.5 Å². The van der Waals surface area contributed by atoms with Gasteiger partial charge in [0.15, 0.2) is 0 Å². The molecule has 0 spiro atoms. The molecule has 0 radical (unpaired) electrons. The maximum Gasteiger partial charge on any atom is 0.251 e. The topological polar surface area (TPSA) is 67.4 Å². The molecule has 0 aliphatic rings. The lowest BCUT2D eigenvalue weighted by Crippen LogP contribution is -2.36. The van der Waals surface area contributed by atoms with Gasteiger partial charge in [-0.05, 0) is 23.3 Å². The van der Waals surface area contributed by atoms with Crippen molar-refractivity contribution in [1.82, 2.24) is 10.6 Å². The third-order valence-corrected chi connectivity index (χ3v) is 4.35. The van der Waals surface area contributed by atoms with Gasteiger partial charge < -0.3 is 15.4 Å². The zero-order valence-electron chi connectivity index (χ0n) is 16.1. The minimum Gasteiger partial charge on any atom is -0.359 e. The summed E-state index contributed by atoms with van der Waals surface area (Å²) in [7, 11) is 0. The number of benzene rings is 3. The Bertz CT molecular complexity index is 860. The minimum atomic E-state index is -0.319. The zero-order valence-corrected chi connectivity index (χ0v) is 16.1. The summed E-state index contributed by atoms with van der Waals surface area (Å²) in [6.07, 6.45) is -0.319. The number of ether oxygens (including phenoxy) is 1. The third kappa shape index (κ3) is 6.30. The molecule has 0 aliphatic carbocycles. The number of nitrogens with one attached hydrogen (secondary N) is 2. The lowest BCUT2D eigenvalue weighted by Gasteiger charge is -2.19. The van der Waals surface area contributed by atoms with Crippen LogP contribution in [0.4, 0.5) is 0 Å². The van der Waals surface area contributed by atoms with Crippen LogP contribution in [-0.4, -0.2) is 31.5 Å². The predicted molar refractivity (Wildman–Crippen MR) is 112 cm³/mol. The van der Waals surface area contributed by atoms with Crippen molar-refractivity contribution < 1.29 is 14.3 Å². The molecule has 0 aliphatic heterocycles. The van der Waals surface area contributed by atoms with Crippen molar-refractivity contribution in [3.8, 4) is 0 Å². The van der Waals surface area contributed by atoms with E-state index in [0.717, 1.165) is 11.1 Å². The first kappa shape index (κ1) is 20.3. The van der Waals surface area contributed by atoms with E-state index < -0.39 is 0 Å². The number of amides is 2. The fourth-order valence-corrected chi connectivity index (χ4v) is 2.92. The molecule has 0 aromatic heterocycles. The first-order valence-electron chi connectivity index (χ1n) is 9.55. The van der Waals surface area contributed by atoms with E-state index in [9.17, 15) is 9.59 Å². The van der Waals surface area contributed by atoms with Crippen LogP contribution in [0.1, 0.15) is 27.6 Å². The van der Waals surface area contributed by atoms with Gasteiger partial charge in [0, 0.05) is 18.7 Å². The Labute approximate surface area is 170 Å². The van der Waals surface area contributed by atoms with E-state index in [1.165, 1.54) is 0 Å². The largest absolute Gasteiger partial charge is 0.359 e. The smallest absolute Gasteiger partial charge is 0.251 e. The summed E-state index contributed by atoms with van der Waals surface area (Å²) in [5, 5.41) is 5.55. The van der Waals surface area contributed by atoms with Crippen LogP contribution in [0.5, 0.6) is 0 Å². The molecule has 3 rings (SSSR count). The summed E-state index contributed by atoms with van der Waals surface area (Å²) in [4.78, 5) is 24.1. The summed E-state index contributed by atoms with van der Waals surface area (Å²) in [5.41, 5.74) is 2.57. The Balaban J connectivity index is 1.46. The summed E-state index contributed by atoms with van der Waals surface area (Å²) in [6.45, 7) is 0.615. The summed E-state index contributed by atoms with van der Waals surface area (Å²) in [6, 6.07) is 28.6. The average Bonchev–Trinajstić information content (AvgIpc) is 2.79. The second-order valence-corrected chi connectivity index (χ2v) is 6.48. The molecule has 2 amide bonds. The quantitative estimate of drug-likeness (QED) is 0.553. The van der Waals surface area contributed by atoms with Gasteiger partial charge in [0.2, 0.25) is 5.91 Å². The summed E-state index contributed by atoms with van der Waals surface area (Å²) in [5.74, 6) is -0.389. The lowest BCUT2D eigenvalue weighted by atomic mass is 10.0. The van der Waals surface area contributed by atoms with E-state index in [1.54, 1.807) is 12.1 Å². The maximum atomic E-state index is 12.2. The third-order valence-electron chi connectivity index (χ3n) is 4.35. The fourth-order valence-electron chi connectivity index (χ4n) is 2.92. The van der Waals surface area contributed by atoms with Gasteiger partial charge in [0.1, 0.15) is 12.7 Å². The van der Waals surface area contributed by atoms with Crippen LogP contribution in [0.15, 0.2) is 91.0 Å². The highest BCUT2D eigenvalue weighted by molar-refractivity contribution is 5.94. The van der Waals surface area contributed by atoms with E-state index in [1.807, 2.05) is 78.9 Å². The standard InChI is InChI=1S/C24H24N2O3/c27-22(25-16-17-26-24(28)21-14-8-3-9-15-21)18-29-23(19-10-4-1-5-11-19)20-12-6-2-7-13-20/h1-15,23H,16-18H2,(H,25,27)(H,26,28). The van der Waals surface area contributed by atoms with E-state index in [4.69, 9.17) is 4.74 Å². The molecule has 0 saturated carbocycles. The minimum absolute atomic E-state index is 0.0684. The number of rotatable bonds is 9. The lowest BCUT2D eigenvalue weighted by molar-refractivity contribution is -0.127. The summed E-state index contributed by atoms with van der Waals surface area (Å²) >= 11 is 0. The molecule has 0 saturated heterocycles. The van der Waals surface area contributed by atoms with Crippen molar-refractivity contribution >= 4 is 11.8 Å². The first-order chi connectivity index (χ1) is 14.2. The second-order valence-electron chi connectivity index (χ2n) is 6.48. The Kier molecular flexibility index (Phi) is 7.55. The van der Waals surface area contributed by atoms with Crippen LogP contribution >= 0.6 is 0 Å². The maximum absolute atomic E-state index is 12.2. The van der Waals surface area contributed by atoms with Crippen LogP contribution < -0.4 is 10.6 Å². The van der Waals surface area contributed by atoms with Gasteiger partial charge in [-0.2, -0.15) is 0 Å². The van der Waals surface area contributed by atoms with Crippen LogP contribution in [-0.2, 0) is 9.53 Å². The fraction of sp³-hybridized carbons (Fsp3) is 0.167. The first-order valence-corrected chi connectivity index (χ1v) is 9.55. The molecule has 2 N–H and O–H groups in total. The van der Waals surface area contributed by atoms with Gasteiger partial charge in [0.25, 0.3) is 5.91 Å². The summed E-state index contributed by atoms with van der Waals surface area (Å²) < 4.78 is 5.92.